The lowest BCUT2D eigenvalue weighted by Crippen LogP contribution is -2.56. The van der Waals surface area contributed by atoms with Gasteiger partial charge in [-0.3, -0.25) is 9.59 Å². The summed E-state index contributed by atoms with van der Waals surface area (Å²) in [4.78, 5) is 53.9. The van der Waals surface area contributed by atoms with Crippen molar-refractivity contribution in [3.05, 3.63) is 12.2 Å². The lowest BCUT2D eigenvalue weighted by atomic mass is 10.0. The van der Waals surface area contributed by atoms with E-state index in [1.54, 1.807) is 32.6 Å². The first-order valence-corrected chi connectivity index (χ1v) is 12.9. The van der Waals surface area contributed by atoms with E-state index in [-0.39, 0.29) is 30.3 Å². The summed E-state index contributed by atoms with van der Waals surface area (Å²) < 4.78 is 10.7. The Morgan fingerprint density at radius 1 is 1.23 bits per heavy atom. The third-order valence-corrected chi connectivity index (χ3v) is 6.82. The molecule has 1 aliphatic carbocycles. The Bertz CT molecular complexity index is 851. The van der Waals surface area contributed by atoms with Gasteiger partial charge >= 0.3 is 12.1 Å². The van der Waals surface area contributed by atoms with Crippen LogP contribution in [0.4, 0.5) is 4.79 Å². The van der Waals surface area contributed by atoms with Crippen molar-refractivity contribution in [2.45, 2.75) is 103 Å². The maximum Gasteiger partial charge on any atom is 0.408 e. The number of amides is 3. The van der Waals surface area contributed by atoms with Gasteiger partial charge in [-0.2, -0.15) is 0 Å². The van der Waals surface area contributed by atoms with E-state index in [1.807, 2.05) is 13.0 Å². The molecule has 0 bridgehead atoms. The van der Waals surface area contributed by atoms with Crippen molar-refractivity contribution < 1.29 is 28.7 Å². The molecule has 9 heteroatoms. The monoisotopic (exact) mass is 491 g/mol. The smallest absolute Gasteiger partial charge is 0.408 e. The van der Waals surface area contributed by atoms with Crippen molar-refractivity contribution in [2.75, 3.05) is 13.2 Å². The molecule has 3 aliphatic rings. The van der Waals surface area contributed by atoms with Gasteiger partial charge in [0, 0.05) is 12.5 Å². The van der Waals surface area contributed by atoms with Gasteiger partial charge in [0.25, 0.3) is 0 Å². The highest BCUT2D eigenvalue weighted by Crippen LogP contribution is 2.46. The van der Waals surface area contributed by atoms with E-state index in [4.69, 9.17) is 9.47 Å². The minimum Gasteiger partial charge on any atom is -0.464 e. The van der Waals surface area contributed by atoms with Gasteiger partial charge in [0.05, 0.1) is 6.61 Å². The van der Waals surface area contributed by atoms with Crippen LogP contribution < -0.4 is 10.6 Å². The topological polar surface area (TPSA) is 114 Å². The van der Waals surface area contributed by atoms with Gasteiger partial charge < -0.3 is 25.0 Å². The van der Waals surface area contributed by atoms with E-state index < -0.39 is 35.3 Å². The van der Waals surface area contributed by atoms with Crippen LogP contribution in [0.1, 0.15) is 79.6 Å². The zero-order chi connectivity index (χ0) is 25.8. The van der Waals surface area contributed by atoms with Gasteiger partial charge in [0.1, 0.15) is 23.2 Å². The fraction of sp³-hybridized carbons (Fsp3) is 0.769. The second-order valence-electron chi connectivity index (χ2n) is 11.1. The molecular weight excluding hydrogens is 450 g/mol. The van der Waals surface area contributed by atoms with E-state index in [1.165, 1.54) is 0 Å². The van der Waals surface area contributed by atoms with Crippen LogP contribution in [-0.4, -0.2) is 65.2 Å². The molecule has 2 aliphatic heterocycles. The van der Waals surface area contributed by atoms with Crippen LogP contribution in [0.2, 0.25) is 0 Å². The second kappa shape index (κ2) is 11.0. The highest BCUT2D eigenvalue weighted by molar-refractivity contribution is 5.96. The van der Waals surface area contributed by atoms with Crippen molar-refractivity contribution in [3.63, 3.8) is 0 Å². The fourth-order valence-electron chi connectivity index (χ4n) is 5.01. The molecule has 2 heterocycles. The number of carbonyl (C=O) groups excluding carboxylic acids is 4. The lowest BCUT2D eigenvalue weighted by Gasteiger charge is -2.30. The van der Waals surface area contributed by atoms with E-state index in [0.717, 1.165) is 25.7 Å². The normalized spacial score (nSPS) is 32.8. The quantitative estimate of drug-likeness (QED) is 0.463. The fourth-order valence-corrected chi connectivity index (χ4v) is 5.01. The Kier molecular flexibility index (Phi) is 8.49. The van der Waals surface area contributed by atoms with Gasteiger partial charge in [0.15, 0.2) is 0 Å². The molecule has 1 saturated carbocycles. The van der Waals surface area contributed by atoms with Crippen LogP contribution in [-0.2, 0) is 23.9 Å². The van der Waals surface area contributed by atoms with Crippen molar-refractivity contribution in [1.82, 2.24) is 15.5 Å². The number of carbonyl (C=O) groups is 4. The zero-order valence-electron chi connectivity index (χ0n) is 21.7. The second-order valence-corrected chi connectivity index (χ2v) is 11.1. The van der Waals surface area contributed by atoms with Gasteiger partial charge in [0.2, 0.25) is 11.8 Å². The minimum atomic E-state index is -1.07. The van der Waals surface area contributed by atoms with E-state index in [0.29, 0.717) is 25.8 Å². The first kappa shape index (κ1) is 27.0. The first-order chi connectivity index (χ1) is 16.5. The summed E-state index contributed by atoms with van der Waals surface area (Å²) in [5.41, 5.74) is -1.76. The number of hydrogen-bond acceptors (Lipinski definition) is 6. The van der Waals surface area contributed by atoms with E-state index >= 15 is 0 Å². The third-order valence-electron chi connectivity index (χ3n) is 6.82. The van der Waals surface area contributed by atoms with Crippen LogP contribution in [0.3, 0.4) is 0 Å². The average Bonchev–Trinajstić information content (AvgIpc) is 3.30. The summed E-state index contributed by atoms with van der Waals surface area (Å²) in [5, 5.41) is 5.70. The van der Waals surface area contributed by atoms with Crippen LogP contribution in [0.5, 0.6) is 0 Å². The maximum absolute atomic E-state index is 13.6. The number of fused-ring (bicyclic) bond motifs is 2. The number of nitrogens with zero attached hydrogens (tertiary/aromatic N) is 1. The maximum atomic E-state index is 13.6. The Balaban J connectivity index is 1.84. The van der Waals surface area contributed by atoms with Crippen molar-refractivity contribution in [2.24, 2.45) is 11.8 Å². The summed E-state index contributed by atoms with van der Waals surface area (Å²) in [6.45, 7) is 9.69. The standard InChI is InChI=1S/C26H41N3O6/c1-6-34-23(32)26-15-18(26)12-10-8-7-9-11-13-19(27-24(33)35-25(3,4)5)22(31)29-16-17(2)14-20(29)21(30)28-26/h10,12,17-20H,6-9,11,13-16H2,1-5H3,(H,27,33)(H,28,30)/b12-10-/t17-,18+,19+,20+,26-/m1/s1. The molecular formula is C26H41N3O6. The SMILES string of the molecule is CCOC(=O)[C@@]12C[C@@H]1/C=C\CCCCC[C@H](NC(=O)OC(C)(C)C)C(=O)N1C[C@H](C)C[C@H]1C(=O)N2. The molecule has 3 amide bonds. The largest absolute Gasteiger partial charge is 0.464 e. The molecule has 2 fully saturated rings. The molecule has 196 valence electrons. The summed E-state index contributed by atoms with van der Waals surface area (Å²) in [5.74, 6) is -1.06. The Morgan fingerprint density at radius 3 is 2.66 bits per heavy atom. The van der Waals surface area contributed by atoms with Crippen molar-refractivity contribution >= 4 is 23.9 Å². The highest BCUT2D eigenvalue weighted by atomic mass is 16.6. The lowest BCUT2D eigenvalue weighted by molar-refractivity contribution is -0.150. The number of nitrogens with one attached hydrogen (secondary N) is 2. The molecule has 0 aromatic heterocycles. The van der Waals surface area contributed by atoms with Gasteiger partial charge in [-0.15, -0.1) is 0 Å². The molecule has 0 unspecified atom stereocenters. The molecule has 1 saturated heterocycles. The number of esters is 1. The Morgan fingerprint density at radius 2 is 1.97 bits per heavy atom. The van der Waals surface area contributed by atoms with Crippen LogP contribution in [0, 0.1) is 11.8 Å². The van der Waals surface area contributed by atoms with Gasteiger partial charge in [-0.25, -0.2) is 9.59 Å². The number of allylic oxidation sites excluding steroid dienone is 1. The van der Waals surface area contributed by atoms with Crippen molar-refractivity contribution in [3.8, 4) is 0 Å². The summed E-state index contributed by atoms with van der Waals surface area (Å²) >= 11 is 0. The van der Waals surface area contributed by atoms with Crippen LogP contribution >= 0.6 is 0 Å². The summed E-state index contributed by atoms with van der Waals surface area (Å²) in [6.07, 6.45) is 8.30. The summed E-state index contributed by atoms with van der Waals surface area (Å²) in [6, 6.07) is -1.49. The zero-order valence-corrected chi connectivity index (χ0v) is 21.7. The molecule has 0 spiro atoms. The summed E-state index contributed by atoms with van der Waals surface area (Å²) in [7, 11) is 0. The van der Waals surface area contributed by atoms with E-state index in [2.05, 4.69) is 16.7 Å². The van der Waals surface area contributed by atoms with Gasteiger partial charge in [-0.1, -0.05) is 31.9 Å². The van der Waals surface area contributed by atoms with Crippen LogP contribution in [0.15, 0.2) is 12.2 Å². The predicted molar refractivity (Wildman–Crippen MR) is 130 cm³/mol. The number of ether oxygens (including phenoxy) is 2. The number of hydrogen-bond donors (Lipinski definition) is 2. The van der Waals surface area contributed by atoms with Gasteiger partial charge in [-0.05, 0) is 65.7 Å². The number of alkyl carbamates (subject to hydrolysis) is 1. The van der Waals surface area contributed by atoms with Crippen LogP contribution in [0.25, 0.3) is 0 Å². The Labute approximate surface area is 208 Å². The molecule has 3 rings (SSSR count). The van der Waals surface area contributed by atoms with Crippen molar-refractivity contribution in [1.29, 1.82) is 0 Å². The molecule has 9 nitrogen and oxygen atoms in total. The Hall–Kier alpha value is -2.58. The molecule has 2 N–H and O–H groups in total. The highest BCUT2D eigenvalue weighted by Gasteiger charge is 2.62. The molecule has 5 atom stereocenters. The third kappa shape index (κ3) is 6.76. The molecule has 0 aromatic rings. The molecule has 35 heavy (non-hydrogen) atoms. The van der Waals surface area contributed by atoms with E-state index in [9.17, 15) is 19.2 Å². The first-order valence-electron chi connectivity index (χ1n) is 12.9. The minimum absolute atomic E-state index is 0.111. The average molecular weight is 492 g/mol. The molecule has 0 aromatic carbocycles. The predicted octanol–water partition coefficient (Wildman–Crippen LogP) is 3.08. The molecule has 0 radical (unpaired) electrons. The number of rotatable bonds is 3.